The number of sulfonamides is 1. The molecule has 0 radical (unpaired) electrons. The van der Waals surface area contributed by atoms with Gasteiger partial charge in [-0.2, -0.15) is 13.2 Å². The number of hydrogen-bond donors (Lipinski definition) is 6. The van der Waals surface area contributed by atoms with Crippen molar-refractivity contribution >= 4 is 50.9 Å². The van der Waals surface area contributed by atoms with Crippen molar-refractivity contribution in [3.63, 3.8) is 0 Å². The van der Waals surface area contributed by atoms with Crippen LogP contribution in [-0.4, -0.2) is 53.1 Å². The Kier molecular flexibility index (Phi) is 18.7. The highest BCUT2D eigenvalue weighted by Crippen LogP contribution is 2.34. The fourth-order valence-electron chi connectivity index (χ4n) is 6.31. The molecule has 1 fully saturated rings. The number of hydrogen-bond acceptors (Lipinski definition) is 9. The van der Waals surface area contributed by atoms with Crippen LogP contribution in [0.1, 0.15) is 114 Å². The van der Waals surface area contributed by atoms with Crippen molar-refractivity contribution in [2.45, 2.75) is 115 Å². The molecule has 1 aliphatic carbocycles. The summed E-state index contributed by atoms with van der Waals surface area (Å²) in [7, 11) is -3.54. The van der Waals surface area contributed by atoms with Crippen molar-refractivity contribution in [1.29, 1.82) is 0 Å². The molecule has 2 aromatic carbocycles. The Morgan fingerprint density at radius 2 is 1.48 bits per heavy atom. The van der Waals surface area contributed by atoms with Crippen LogP contribution in [-0.2, 0) is 21.0 Å². The molecule has 2 aromatic heterocycles. The van der Waals surface area contributed by atoms with E-state index in [1.165, 1.54) is 70.2 Å². The van der Waals surface area contributed by atoms with Crippen LogP contribution >= 0.6 is 0 Å². The Morgan fingerprint density at radius 3 is 2.08 bits per heavy atom. The minimum absolute atomic E-state index is 0.0234. The molecule has 0 saturated heterocycles. The first-order valence-corrected chi connectivity index (χ1v) is 22.4. The monoisotopic (exact) mass is 881 g/mol. The SMILES string of the molecule is CCC(C(=O)Nc1ccc(-c2cncc(C(F)(F)F)c2)cc1)c1ccnc(NS(=O)(=O)C2CC2)n1.CCCCCCCCCCCCOc1ccc(N=C(N)N)cc1N=C(N)N. The minimum Gasteiger partial charge on any atom is -0.491 e. The fraction of sp³-hybridized carbons (Fsp3) is 0.442. The first kappa shape index (κ1) is 48.7. The van der Waals surface area contributed by atoms with Crippen molar-refractivity contribution in [3.05, 3.63) is 84.4 Å². The molecule has 0 bridgehead atoms. The molecular formula is C43H58F3N11O4S. The van der Waals surface area contributed by atoms with Gasteiger partial charge >= 0.3 is 6.18 Å². The van der Waals surface area contributed by atoms with Gasteiger partial charge in [0.1, 0.15) is 11.4 Å². The Balaban J connectivity index is 0.000000283. The molecular weight excluding hydrogens is 824 g/mol. The van der Waals surface area contributed by atoms with Gasteiger partial charge in [0.25, 0.3) is 0 Å². The molecule has 0 aliphatic heterocycles. The zero-order valence-corrected chi connectivity index (χ0v) is 36.0. The van der Waals surface area contributed by atoms with Crippen LogP contribution in [0.2, 0.25) is 0 Å². The number of pyridine rings is 1. The van der Waals surface area contributed by atoms with Crippen molar-refractivity contribution in [2.24, 2.45) is 32.9 Å². The zero-order chi connectivity index (χ0) is 45.1. The number of halogens is 3. The standard InChI is InChI=1S/C23H22F3N5O3S.C20H36N6O/c1-2-19(20-9-10-28-22(30-20)31-35(33,34)18-7-8-18)21(32)29-17-5-3-14(4-6-17)15-11-16(13-27-12-15)23(24,25)26;1-2-3-4-5-6-7-8-9-10-11-14-27-18-13-12-16(25-19(21)22)15-17(18)26-20(23)24/h3-6,9-13,18-19H,2,7-8H2,1H3,(H,29,32)(H,28,30,31);12-13,15H,2-11,14H2,1H3,(H4,21,22,25)(H4,23,24,26). The molecule has 1 atom stereocenters. The summed E-state index contributed by atoms with van der Waals surface area (Å²) in [5.41, 5.74) is 23.7. The van der Waals surface area contributed by atoms with Gasteiger partial charge in [-0.05, 0) is 73.7 Å². The smallest absolute Gasteiger partial charge is 0.417 e. The summed E-state index contributed by atoms with van der Waals surface area (Å²) in [5.74, 6) is -0.566. The number of aliphatic imine (C=N–C) groups is 2. The molecule has 1 saturated carbocycles. The second-order valence-corrected chi connectivity index (χ2v) is 16.9. The number of guanidine groups is 2. The van der Waals surface area contributed by atoms with Gasteiger partial charge in [-0.3, -0.25) is 14.5 Å². The van der Waals surface area contributed by atoms with E-state index in [0.717, 1.165) is 18.7 Å². The topological polar surface area (TPSA) is 252 Å². The van der Waals surface area contributed by atoms with E-state index in [0.29, 0.717) is 65.5 Å². The number of amides is 1. The Labute approximate surface area is 361 Å². The van der Waals surface area contributed by atoms with Crippen LogP contribution in [0, 0.1) is 0 Å². The fourth-order valence-corrected chi connectivity index (χ4v) is 7.58. The van der Waals surface area contributed by atoms with E-state index in [9.17, 15) is 26.4 Å². The van der Waals surface area contributed by atoms with Crippen molar-refractivity contribution in [3.8, 4) is 16.9 Å². The number of nitrogens with two attached hydrogens (primary N) is 4. The maximum absolute atomic E-state index is 13.0. The summed E-state index contributed by atoms with van der Waals surface area (Å²) in [6, 6.07) is 14.1. The van der Waals surface area contributed by atoms with Gasteiger partial charge in [0.2, 0.25) is 21.9 Å². The maximum atomic E-state index is 13.0. The largest absolute Gasteiger partial charge is 0.491 e. The highest BCUT2D eigenvalue weighted by molar-refractivity contribution is 7.93. The van der Waals surface area contributed by atoms with Crippen LogP contribution in [0.25, 0.3) is 11.1 Å². The van der Waals surface area contributed by atoms with E-state index in [1.54, 1.807) is 55.5 Å². The summed E-state index contributed by atoms with van der Waals surface area (Å²) in [6.07, 6.45) is 13.4. The lowest BCUT2D eigenvalue weighted by Crippen LogP contribution is -2.23. The quantitative estimate of drug-likeness (QED) is 0.0248. The number of unbranched alkanes of at least 4 members (excludes halogenated alkanes) is 9. The number of anilines is 2. The number of rotatable bonds is 22. The Morgan fingerprint density at radius 1 is 0.839 bits per heavy atom. The lowest BCUT2D eigenvalue weighted by Gasteiger charge is -2.16. The van der Waals surface area contributed by atoms with E-state index in [-0.39, 0.29) is 23.8 Å². The van der Waals surface area contributed by atoms with Gasteiger partial charge in [0.05, 0.1) is 34.7 Å². The molecule has 1 unspecified atom stereocenters. The summed E-state index contributed by atoms with van der Waals surface area (Å²) in [4.78, 5) is 32.8. The van der Waals surface area contributed by atoms with Gasteiger partial charge in [-0.15, -0.1) is 0 Å². The van der Waals surface area contributed by atoms with Gasteiger partial charge in [0.15, 0.2) is 11.9 Å². The zero-order valence-electron chi connectivity index (χ0n) is 35.2. The van der Waals surface area contributed by atoms with Crippen molar-refractivity contribution in [2.75, 3.05) is 16.6 Å². The van der Waals surface area contributed by atoms with Crippen molar-refractivity contribution in [1.82, 2.24) is 15.0 Å². The average molecular weight is 882 g/mol. The van der Waals surface area contributed by atoms with E-state index >= 15 is 0 Å². The number of nitrogens with one attached hydrogen (secondary N) is 2. The van der Waals surface area contributed by atoms with Crippen LogP contribution in [0.15, 0.2) is 83.2 Å². The van der Waals surface area contributed by atoms with Crippen LogP contribution in [0.3, 0.4) is 0 Å². The first-order chi connectivity index (χ1) is 29.6. The molecule has 1 aliphatic rings. The van der Waals surface area contributed by atoms with Gasteiger partial charge in [0, 0.05) is 29.8 Å². The lowest BCUT2D eigenvalue weighted by atomic mass is 10.0. The molecule has 2 heterocycles. The van der Waals surface area contributed by atoms with Crippen molar-refractivity contribution < 1.29 is 31.1 Å². The number of carbonyl (C=O) groups is 1. The molecule has 4 aromatic rings. The summed E-state index contributed by atoms with van der Waals surface area (Å²) >= 11 is 0. The number of alkyl halides is 3. The molecule has 10 N–H and O–H groups in total. The highest BCUT2D eigenvalue weighted by atomic mass is 32.2. The van der Waals surface area contributed by atoms with E-state index < -0.39 is 32.9 Å². The van der Waals surface area contributed by atoms with Crippen LogP contribution < -0.4 is 37.7 Å². The third-order valence-corrected chi connectivity index (χ3v) is 11.5. The minimum atomic E-state index is -4.50. The Hall–Kier alpha value is -5.98. The Bertz CT molecular complexity index is 2210. The molecule has 0 spiro atoms. The van der Waals surface area contributed by atoms with E-state index in [2.05, 4.69) is 41.9 Å². The maximum Gasteiger partial charge on any atom is 0.417 e. The predicted molar refractivity (Wildman–Crippen MR) is 239 cm³/mol. The summed E-state index contributed by atoms with van der Waals surface area (Å²) < 4.78 is 71.4. The predicted octanol–water partition coefficient (Wildman–Crippen LogP) is 8.39. The highest BCUT2D eigenvalue weighted by Gasteiger charge is 2.36. The van der Waals surface area contributed by atoms with Gasteiger partial charge in [-0.1, -0.05) is 83.8 Å². The summed E-state index contributed by atoms with van der Waals surface area (Å²) in [5, 5.41) is 2.33. The second kappa shape index (κ2) is 23.9. The lowest BCUT2D eigenvalue weighted by molar-refractivity contribution is -0.137. The first-order valence-electron chi connectivity index (χ1n) is 20.8. The van der Waals surface area contributed by atoms with E-state index in [4.69, 9.17) is 27.7 Å². The second-order valence-electron chi connectivity index (χ2n) is 14.9. The van der Waals surface area contributed by atoms with E-state index in [1.807, 2.05) is 0 Å². The third-order valence-electron chi connectivity index (χ3n) is 9.71. The van der Waals surface area contributed by atoms with Crippen LogP contribution in [0.4, 0.5) is 36.2 Å². The van der Waals surface area contributed by atoms with Gasteiger partial charge in [-0.25, -0.2) is 28.4 Å². The average Bonchev–Trinajstić information content (AvgIpc) is 4.08. The molecule has 1 amide bonds. The molecule has 19 heteroatoms. The molecule has 15 nitrogen and oxygen atoms in total. The molecule has 5 rings (SSSR count). The number of aromatic nitrogens is 3. The van der Waals surface area contributed by atoms with Crippen LogP contribution in [0.5, 0.6) is 5.75 Å². The molecule has 336 valence electrons. The number of benzene rings is 2. The summed E-state index contributed by atoms with van der Waals surface area (Å²) in [6.45, 7) is 4.68. The molecule has 62 heavy (non-hydrogen) atoms. The van der Waals surface area contributed by atoms with Gasteiger partial charge < -0.3 is 33.0 Å². The number of carbonyl (C=O) groups excluding carboxylic acids is 1. The third kappa shape index (κ3) is 16.5. The number of ether oxygens (including phenoxy) is 1. The number of nitrogens with zero attached hydrogens (tertiary/aromatic N) is 5. The normalized spacial score (nSPS) is 12.9.